The van der Waals surface area contributed by atoms with E-state index in [0.29, 0.717) is 23.0 Å². The van der Waals surface area contributed by atoms with E-state index in [0.717, 1.165) is 5.56 Å². The van der Waals surface area contributed by atoms with Gasteiger partial charge in [0.25, 0.3) is 0 Å². The van der Waals surface area contributed by atoms with Crippen molar-refractivity contribution in [2.24, 2.45) is 0 Å². The Kier molecular flexibility index (Phi) is 5.81. The molecular weight excluding hydrogens is 300 g/mol. The molecule has 0 aliphatic heterocycles. The SMILES string of the molecule is COc1ccc(NC(=O)CNCc2ccc(C)cc2)cc1Cl. The van der Waals surface area contributed by atoms with Crippen LogP contribution in [0.4, 0.5) is 5.69 Å². The molecule has 2 N–H and O–H groups in total. The summed E-state index contributed by atoms with van der Waals surface area (Å²) in [5.41, 5.74) is 3.01. The fraction of sp³-hybridized carbons (Fsp3) is 0.235. The van der Waals surface area contributed by atoms with Gasteiger partial charge in [0.2, 0.25) is 5.91 Å². The van der Waals surface area contributed by atoms with E-state index in [4.69, 9.17) is 16.3 Å². The highest BCUT2D eigenvalue weighted by molar-refractivity contribution is 6.32. The second-order valence-electron chi connectivity index (χ2n) is 4.99. The van der Waals surface area contributed by atoms with Gasteiger partial charge in [-0.1, -0.05) is 41.4 Å². The number of benzene rings is 2. The molecule has 0 aliphatic rings. The Labute approximate surface area is 135 Å². The Morgan fingerprint density at radius 3 is 2.55 bits per heavy atom. The van der Waals surface area contributed by atoms with Gasteiger partial charge < -0.3 is 15.4 Å². The van der Waals surface area contributed by atoms with Crippen molar-refractivity contribution in [1.82, 2.24) is 5.32 Å². The van der Waals surface area contributed by atoms with E-state index in [9.17, 15) is 4.79 Å². The highest BCUT2D eigenvalue weighted by Gasteiger charge is 2.05. The fourth-order valence-corrected chi connectivity index (χ4v) is 2.23. The lowest BCUT2D eigenvalue weighted by Crippen LogP contribution is -2.27. The van der Waals surface area contributed by atoms with Crippen LogP contribution in [0.2, 0.25) is 5.02 Å². The molecule has 0 atom stereocenters. The highest BCUT2D eigenvalue weighted by Crippen LogP contribution is 2.27. The molecule has 2 aromatic rings. The lowest BCUT2D eigenvalue weighted by molar-refractivity contribution is -0.115. The monoisotopic (exact) mass is 318 g/mol. The van der Waals surface area contributed by atoms with Crippen LogP contribution in [0.3, 0.4) is 0 Å². The van der Waals surface area contributed by atoms with Crippen LogP contribution in [0.5, 0.6) is 5.75 Å². The second-order valence-corrected chi connectivity index (χ2v) is 5.39. The zero-order valence-electron chi connectivity index (χ0n) is 12.7. The first-order valence-corrected chi connectivity index (χ1v) is 7.36. The summed E-state index contributed by atoms with van der Waals surface area (Å²) in [6.45, 7) is 2.93. The van der Waals surface area contributed by atoms with Gasteiger partial charge in [-0.25, -0.2) is 0 Å². The molecule has 116 valence electrons. The molecule has 2 aromatic carbocycles. The lowest BCUT2D eigenvalue weighted by atomic mass is 10.1. The second kappa shape index (κ2) is 7.82. The van der Waals surface area contributed by atoms with Gasteiger partial charge in [0.1, 0.15) is 5.75 Å². The Hall–Kier alpha value is -2.04. The van der Waals surface area contributed by atoms with E-state index in [1.807, 2.05) is 19.1 Å². The van der Waals surface area contributed by atoms with Crippen LogP contribution < -0.4 is 15.4 Å². The van der Waals surface area contributed by atoms with Crippen LogP contribution in [-0.4, -0.2) is 19.6 Å². The maximum atomic E-state index is 11.9. The number of ether oxygens (including phenoxy) is 1. The number of rotatable bonds is 6. The Bertz CT molecular complexity index is 642. The summed E-state index contributed by atoms with van der Waals surface area (Å²) >= 11 is 6.02. The van der Waals surface area contributed by atoms with E-state index in [1.165, 1.54) is 5.56 Å². The molecule has 0 unspecified atom stereocenters. The van der Waals surface area contributed by atoms with Crippen molar-refractivity contribution in [2.75, 3.05) is 19.0 Å². The number of hydrogen-bond donors (Lipinski definition) is 2. The molecule has 4 nitrogen and oxygen atoms in total. The van der Waals surface area contributed by atoms with Crippen LogP contribution in [0.25, 0.3) is 0 Å². The van der Waals surface area contributed by atoms with Gasteiger partial charge in [-0.15, -0.1) is 0 Å². The van der Waals surface area contributed by atoms with Gasteiger partial charge in [-0.2, -0.15) is 0 Å². The van der Waals surface area contributed by atoms with Gasteiger partial charge in [0.15, 0.2) is 0 Å². The number of nitrogens with one attached hydrogen (secondary N) is 2. The third kappa shape index (κ3) is 4.76. The number of methoxy groups -OCH3 is 1. The fourth-order valence-electron chi connectivity index (χ4n) is 1.98. The van der Waals surface area contributed by atoms with Crippen LogP contribution in [-0.2, 0) is 11.3 Å². The number of aryl methyl sites for hydroxylation is 1. The molecule has 1 amide bonds. The molecule has 0 aliphatic carbocycles. The number of carbonyl (C=O) groups is 1. The summed E-state index contributed by atoms with van der Waals surface area (Å²) in [5.74, 6) is 0.463. The summed E-state index contributed by atoms with van der Waals surface area (Å²) in [7, 11) is 1.55. The number of halogens is 1. The number of anilines is 1. The number of carbonyl (C=O) groups excluding carboxylic acids is 1. The average molecular weight is 319 g/mol. The summed E-state index contributed by atoms with van der Waals surface area (Å²) < 4.78 is 5.07. The summed E-state index contributed by atoms with van der Waals surface area (Å²) in [5, 5.41) is 6.36. The Balaban J connectivity index is 1.80. The Morgan fingerprint density at radius 2 is 1.91 bits per heavy atom. The van der Waals surface area contributed by atoms with Crippen LogP contribution >= 0.6 is 11.6 Å². The molecule has 0 saturated heterocycles. The quantitative estimate of drug-likeness (QED) is 0.858. The van der Waals surface area contributed by atoms with Gasteiger partial charge in [0, 0.05) is 12.2 Å². The van der Waals surface area contributed by atoms with Crippen molar-refractivity contribution in [2.45, 2.75) is 13.5 Å². The molecule has 0 spiro atoms. The highest BCUT2D eigenvalue weighted by atomic mass is 35.5. The van der Waals surface area contributed by atoms with Gasteiger partial charge in [-0.05, 0) is 30.7 Å². The number of amides is 1. The first-order chi connectivity index (χ1) is 10.6. The van der Waals surface area contributed by atoms with Crippen LogP contribution in [0.1, 0.15) is 11.1 Å². The molecule has 0 heterocycles. The van der Waals surface area contributed by atoms with Crippen molar-refractivity contribution in [3.63, 3.8) is 0 Å². The largest absolute Gasteiger partial charge is 0.495 e. The standard InChI is InChI=1S/C17H19ClN2O2/c1-12-3-5-13(6-4-12)10-19-11-17(21)20-14-7-8-16(22-2)15(18)9-14/h3-9,19H,10-11H2,1-2H3,(H,20,21). The zero-order valence-corrected chi connectivity index (χ0v) is 13.4. The molecular formula is C17H19ClN2O2. The normalized spacial score (nSPS) is 10.3. The predicted octanol–water partition coefficient (Wildman–Crippen LogP) is 3.39. The molecule has 0 bridgehead atoms. The van der Waals surface area contributed by atoms with Crippen LogP contribution in [0.15, 0.2) is 42.5 Å². The molecule has 5 heteroatoms. The molecule has 0 fully saturated rings. The van der Waals surface area contributed by atoms with E-state index >= 15 is 0 Å². The van der Waals surface area contributed by atoms with Gasteiger partial charge >= 0.3 is 0 Å². The molecule has 0 aromatic heterocycles. The minimum Gasteiger partial charge on any atom is -0.495 e. The number of hydrogen-bond acceptors (Lipinski definition) is 3. The predicted molar refractivity (Wildman–Crippen MR) is 89.5 cm³/mol. The van der Waals surface area contributed by atoms with Crippen LogP contribution in [0, 0.1) is 6.92 Å². The minimum atomic E-state index is -0.117. The molecule has 0 saturated carbocycles. The minimum absolute atomic E-state index is 0.117. The van der Waals surface area contributed by atoms with E-state index in [1.54, 1.807) is 25.3 Å². The lowest BCUT2D eigenvalue weighted by Gasteiger charge is -2.09. The zero-order chi connectivity index (χ0) is 15.9. The first kappa shape index (κ1) is 16.3. The summed E-state index contributed by atoms with van der Waals surface area (Å²) in [6, 6.07) is 13.3. The molecule has 2 rings (SSSR count). The topological polar surface area (TPSA) is 50.4 Å². The van der Waals surface area contributed by atoms with E-state index in [-0.39, 0.29) is 12.5 Å². The van der Waals surface area contributed by atoms with Gasteiger partial charge in [-0.3, -0.25) is 4.79 Å². The maximum Gasteiger partial charge on any atom is 0.238 e. The van der Waals surface area contributed by atoms with Crippen molar-refractivity contribution >= 4 is 23.2 Å². The molecule has 0 radical (unpaired) electrons. The Morgan fingerprint density at radius 1 is 1.18 bits per heavy atom. The van der Waals surface area contributed by atoms with E-state index < -0.39 is 0 Å². The smallest absolute Gasteiger partial charge is 0.238 e. The maximum absolute atomic E-state index is 11.9. The summed E-state index contributed by atoms with van der Waals surface area (Å²) in [4.78, 5) is 11.9. The summed E-state index contributed by atoms with van der Waals surface area (Å²) in [6.07, 6.45) is 0. The van der Waals surface area contributed by atoms with Crippen molar-refractivity contribution in [3.8, 4) is 5.75 Å². The van der Waals surface area contributed by atoms with E-state index in [2.05, 4.69) is 22.8 Å². The van der Waals surface area contributed by atoms with Crippen molar-refractivity contribution in [1.29, 1.82) is 0 Å². The van der Waals surface area contributed by atoms with Crippen molar-refractivity contribution in [3.05, 3.63) is 58.6 Å². The third-order valence-electron chi connectivity index (χ3n) is 3.17. The third-order valence-corrected chi connectivity index (χ3v) is 3.47. The molecule has 22 heavy (non-hydrogen) atoms. The van der Waals surface area contributed by atoms with Crippen molar-refractivity contribution < 1.29 is 9.53 Å². The average Bonchev–Trinajstić information content (AvgIpc) is 2.49. The van der Waals surface area contributed by atoms with Gasteiger partial charge in [0.05, 0.1) is 18.7 Å². The first-order valence-electron chi connectivity index (χ1n) is 6.98.